The Bertz CT molecular complexity index is 1240. The first-order chi connectivity index (χ1) is 15.0. The molecule has 0 atom stereocenters. The van der Waals surface area contributed by atoms with Gasteiger partial charge in [0, 0.05) is 17.4 Å². The van der Waals surface area contributed by atoms with E-state index in [4.69, 9.17) is 22.1 Å². The van der Waals surface area contributed by atoms with Crippen LogP contribution in [0.15, 0.2) is 53.5 Å². The number of carbonyl (C=O) groups is 1. The predicted molar refractivity (Wildman–Crippen MR) is 112 cm³/mol. The number of ether oxygens (including phenoxy) is 1. The van der Waals surface area contributed by atoms with Crippen LogP contribution >= 0.6 is 11.6 Å². The molecule has 0 fully saturated rings. The van der Waals surface area contributed by atoms with Crippen molar-refractivity contribution < 1.29 is 27.1 Å². The summed E-state index contributed by atoms with van der Waals surface area (Å²) in [6.07, 6.45) is -3.74. The van der Waals surface area contributed by atoms with Gasteiger partial charge in [0.15, 0.2) is 5.75 Å². The zero-order chi connectivity index (χ0) is 23.6. The molecule has 2 aromatic carbocycles. The monoisotopic (exact) mass is 468 g/mol. The van der Waals surface area contributed by atoms with E-state index in [0.29, 0.717) is 11.1 Å². The van der Waals surface area contributed by atoms with Gasteiger partial charge < -0.3 is 10.5 Å². The fourth-order valence-corrected chi connectivity index (χ4v) is 3.33. The Labute approximate surface area is 185 Å². The van der Waals surface area contributed by atoms with Gasteiger partial charge in [0.1, 0.15) is 5.82 Å². The van der Waals surface area contributed by atoms with Gasteiger partial charge in [0.2, 0.25) is 5.91 Å². The van der Waals surface area contributed by atoms with Gasteiger partial charge in [0.05, 0.1) is 23.6 Å². The highest BCUT2D eigenvalue weighted by atomic mass is 35.5. The first-order valence-corrected chi connectivity index (χ1v) is 9.72. The van der Waals surface area contributed by atoms with Crippen molar-refractivity contribution in [2.75, 3.05) is 6.61 Å². The van der Waals surface area contributed by atoms with Crippen molar-refractivity contribution in [3.05, 3.63) is 81.0 Å². The van der Waals surface area contributed by atoms with Gasteiger partial charge in [-0.15, -0.1) is 0 Å². The number of pyridine rings is 1. The lowest BCUT2D eigenvalue weighted by atomic mass is 10.0. The molecule has 168 valence electrons. The molecule has 0 aliphatic rings. The van der Waals surface area contributed by atoms with Crippen molar-refractivity contribution in [1.82, 2.24) is 4.57 Å². The number of rotatable bonds is 6. The Balaban J connectivity index is 2.19. The number of hydrogen-bond donors (Lipinski definition) is 1. The fourth-order valence-electron chi connectivity index (χ4n) is 3.10. The number of hydrogen-bond acceptors (Lipinski definition) is 3. The molecule has 10 heteroatoms. The van der Waals surface area contributed by atoms with E-state index in [1.54, 1.807) is 6.92 Å². The zero-order valence-electron chi connectivity index (χ0n) is 16.7. The molecule has 32 heavy (non-hydrogen) atoms. The first kappa shape index (κ1) is 23.3. The van der Waals surface area contributed by atoms with Crippen LogP contribution in [0.25, 0.3) is 16.8 Å². The van der Waals surface area contributed by atoms with Crippen molar-refractivity contribution in [1.29, 1.82) is 0 Å². The van der Waals surface area contributed by atoms with Gasteiger partial charge in [-0.3, -0.25) is 14.2 Å². The number of nitrogens with zero attached hydrogens (tertiary/aromatic N) is 1. The molecule has 1 aromatic heterocycles. The molecule has 1 heterocycles. The highest BCUT2D eigenvalue weighted by molar-refractivity contribution is 6.31. The number of aromatic nitrogens is 1. The molecule has 0 saturated heterocycles. The largest absolute Gasteiger partial charge is 0.488 e. The number of benzene rings is 2. The normalized spacial score (nSPS) is 11.4. The van der Waals surface area contributed by atoms with Gasteiger partial charge in [-0.25, -0.2) is 4.39 Å². The second kappa shape index (κ2) is 9.04. The van der Waals surface area contributed by atoms with E-state index in [1.807, 2.05) is 0 Å². The predicted octanol–water partition coefficient (Wildman–Crippen LogP) is 4.74. The van der Waals surface area contributed by atoms with Crippen molar-refractivity contribution in [2.24, 2.45) is 5.73 Å². The van der Waals surface area contributed by atoms with E-state index in [1.165, 1.54) is 30.5 Å². The second-order valence-electron chi connectivity index (χ2n) is 6.81. The number of alkyl halides is 3. The van der Waals surface area contributed by atoms with Crippen molar-refractivity contribution in [3.8, 4) is 22.6 Å². The topological polar surface area (TPSA) is 74.3 Å². The summed E-state index contributed by atoms with van der Waals surface area (Å²) in [5, 5.41) is -0.511. The maximum atomic E-state index is 14.4. The van der Waals surface area contributed by atoms with Crippen LogP contribution in [0.3, 0.4) is 0 Å². The van der Waals surface area contributed by atoms with Crippen LogP contribution in [0.1, 0.15) is 18.1 Å². The molecule has 0 unspecified atom stereocenters. The molecule has 0 aliphatic carbocycles. The average molecular weight is 469 g/mol. The number of nitrogens with two attached hydrogens (primary N) is 1. The van der Waals surface area contributed by atoms with Crippen molar-refractivity contribution >= 4 is 17.5 Å². The van der Waals surface area contributed by atoms with Crippen LogP contribution in [0.5, 0.6) is 5.75 Å². The summed E-state index contributed by atoms with van der Waals surface area (Å²) in [5.41, 5.74) is 3.91. The van der Waals surface area contributed by atoms with Crippen LogP contribution in [0.4, 0.5) is 17.6 Å². The smallest absolute Gasteiger partial charge is 0.417 e. The molecule has 0 spiro atoms. The first-order valence-electron chi connectivity index (χ1n) is 9.35. The Hall–Kier alpha value is -3.33. The summed E-state index contributed by atoms with van der Waals surface area (Å²) in [5.74, 6) is -1.52. The number of primary amides is 1. The third-order valence-corrected chi connectivity index (χ3v) is 4.90. The minimum atomic E-state index is -4.73. The molecule has 3 aromatic rings. The van der Waals surface area contributed by atoms with Gasteiger partial charge >= 0.3 is 6.18 Å². The van der Waals surface area contributed by atoms with E-state index in [2.05, 4.69) is 0 Å². The Morgan fingerprint density at radius 3 is 2.44 bits per heavy atom. The molecule has 3 rings (SSSR count). The van der Waals surface area contributed by atoms with Crippen LogP contribution in [0, 0.1) is 5.82 Å². The Morgan fingerprint density at radius 2 is 1.84 bits per heavy atom. The summed E-state index contributed by atoms with van der Waals surface area (Å²) >= 11 is 5.68. The maximum Gasteiger partial charge on any atom is 0.417 e. The van der Waals surface area contributed by atoms with Crippen LogP contribution in [-0.2, 0) is 17.4 Å². The second-order valence-corrected chi connectivity index (χ2v) is 7.22. The average Bonchev–Trinajstić information content (AvgIpc) is 2.70. The highest BCUT2D eigenvalue weighted by Gasteiger charge is 2.33. The van der Waals surface area contributed by atoms with Crippen LogP contribution < -0.4 is 16.0 Å². The molecule has 0 saturated carbocycles. The lowest BCUT2D eigenvalue weighted by Crippen LogP contribution is -2.21. The number of halogens is 5. The fraction of sp³-hybridized carbons (Fsp3) is 0.182. The Morgan fingerprint density at radius 1 is 1.12 bits per heavy atom. The Kier molecular flexibility index (Phi) is 6.59. The zero-order valence-corrected chi connectivity index (χ0v) is 17.4. The minimum absolute atomic E-state index is 0.0899. The third-order valence-electron chi connectivity index (χ3n) is 4.57. The SMILES string of the molecule is CCOc1cc(-c2ccc(CC(N)=O)c(F)c2)cn(-c2ccc(Cl)c(C(F)(F)F)c2)c1=O. The maximum absolute atomic E-state index is 14.4. The van der Waals surface area contributed by atoms with Crippen molar-refractivity contribution in [3.63, 3.8) is 0 Å². The van der Waals surface area contributed by atoms with Gasteiger partial charge in [-0.05, 0) is 48.4 Å². The highest BCUT2D eigenvalue weighted by Crippen LogP contribution is 2.36. The molecular weight excluding hydrogens is 452 g/mol. The number of carbonyl (C=O) groups excluding carboxylic acids is 1. The summed E-state index contributed by atoms with van der Waals surface area (Å²) < 4.78 is 60.6. The quantitative estimate of drug-likeness (QED) is 0.531. The molecule has 0 radical (unpaired) electrons. The van der Waals surface area contributed by atoms with E-state index in [-0.39, 0.29) is 30.0 Å². The van der Waals surface area contributed by atoms with Gasteiger partial charge in [-0.2, -0.15) is 13.2 Å². The van der Waals surface area contributed by atoms with Crippen LogP contribution in [-0.4, -0.2) is 17.1 Å². The van der Waals surface area contributed by atoms with E-state index >= 15 is 0 Å². The lowest BCUT2D eigenvalue weighted by molar-refractivity contribution is -0.137. The number of amides is 1. The van der Waals surface area contributed by atoms with E-state index < -0.39 is 34.0 Å². The molecule has 2 N–H and O–H groups in total. The summed E-state index contributed by atoms with van der Waals surface area (Å²) in [7, 11) is 0. The molecule has 0 bridgehead atoms. The lowest BCUT2D eigenvalue weighted by Gasteiger charge is -2.15. The summed E-state index contributed by atoms with van der Waals surface area (Å²) in [6, 6.07) is 8.43. The van der Waals surface area contributed by atoms with Gasteiger partial charge in [-0.1, -0.05) is 23.7 Å². The summed E-state index contributed by atoms with van der Waals surface area (Å²) in [4.78, 5) is 23.9. The standard InChI is InChI=1S/C22H17ClF4N2O3/c1-2-32-19-8-14(12-3-4-13(9-20(28)30)18(24)7-12)11-29(21(19)31)15-5-6-17(23)16(10-15)22(25,26)27/h3-8,10-11H,2,9H2,1H3,(H2,28,30). The van der Waals surface area contributed by atoms with E-state index in [9.17, 15) is 27.2 Å². The van der Waals surface area contributed by atoms with E-state index in [0.717, 1.165) is 22.8 Å². The third kappa shape index (κ3) is 4.94. The molecular formula is C22H17ClF4N2O3. The van der Waals surface area contributed by atoms with Crippen LogP contribution in [0.2, 0.25) is 5.02 Å². The molecule has 1 amide bonds. The minimum Gasteiger partial charge on any atom is -0.488 e. The molecule has 5 nitrogen and oxygen atoms in total. The van der Waals surface area contributed by atoms with Gasteiger partial charge in [0.25, 0.3) is 5.56 Å². The molecule has 0 aliphatic heterocycles. The van der Waals surface area contributed by atoms with Crippen molar-refractivity contribution in [2.45, 2.75) is 19.5 Å². The summed E-state index contributed by atoms with van der Waals surface area (Å²) in [6.45, 7) is 1.76.